The van der Waals surface area contributed by atoms with Gasteiger partial charge in [-0.15, -0.1) is 0 Å². The van der Waals surface area contributed by atoms with Crippen LogP contribution in [0.15, 0.2) is 30.4 Å². The first kappa shape index (κ1) is 20.2. The molecule has 9 nitrogen and oxygen atoms in total. The molecule has 2 saturated heterocycles. The van der Waals surface area contributed by atoms with Crippen molar-refractivity contribution in [1.82, 2.24) is 4.90 Å². The molecule has 9 heteroatoms. The molecule has 1 aromatic rings. The summed E-state index contributed by atoms with van der Waals surface area (Å²) in [5.74, 6) is -1.46. The molecule has 0 unspecified atom stereocenters. The molecule has 1 spiro atoms. The van der Waals surface area contributed by atoms with Crippen LogP contribution in [-0.4, -0.2) is 68.3 Å². The third-order valence-electron chi connectivity index (χ3n) is 5.77. The first-order chi connectivity index (χ1) is 14.4. The SMILES string of the molecule is CCOC(=O)CN1C[C@@]23C=C[C@@H](O2)[C@H](C(=O)Nc2ccc(OC)cc2OC)[C@@H]3C1=O. The lowest BCUT2D eigenvalue weighted by atomic mass is 9.76. The average Bonchev–Trinajstić information content (AvgIpc) is 3.36. The fourth-order valence-electron chi connectivity index (χ4n) is 4.49. The van der Waals surface area contributed by atoms with Gasteiger partial charge in [-0.05, 0) is 19.1 Å². The van der Waals surface area contributed by atoms with Gasteiger partial charge in [0.1, 0.15) is 23.6 Å². The van der Waals surface area contributed by atoms with Gasteiger partial charge in [0.25, 0.3) is 0 Å². The Morgan fingerprint density at radius 2 is 2.10 bits per heavy atom. The van der Waals surface area contributed by atoms with Crippen LogP contribution in [0, 0.1) is 11.8 Å². The molecule has 0 aliphatic carbocycles. The van der Waals surface area contributed by atoms with Gasteiger partial charge in [0.05, 0.1) is 51.0 Å². The molecule has 2 amide bonds. The molecule has 3 aliphatic rings. The first-order valence-electron chi connectivity index (χ1n) is 9.77. The second-order valence-corrected chi connectivity index (χ2v) is 7.45. The topological polar surface area (TPSA) is 103 Å². The average molecular weight is 416 g/mol. The number of fused-ring (bicyclic) bond motifs is 1. The van der Waals surface area contributed by atoms with Crippen molar-refractivity contribution < 1.29 is 33.3 Å². The number of carbonyl (C=O) groups excluding carboxylic acids is 3. The molecule has 4 rings (SSSR count). The minimum Gasteiger partial charge on any atom is -0.497 e. The number of likely N-dealkylation sites (tertiary alicyclic amines) is 1. The van der Waals surface area contributed by atoms with Crippen LogP contribution in [0.1, 0.15) is 6.92 Å². The zero-order valence-electron chi connectivity index (χ0n) is 17.0. The molecule has 4 atom stereocenters. The lowest BCUT2D eigenvalue weighted by Gasteiger charge is -2.24. The Hall–Kier alpha value is -3.07. The van der Waals surface area contributed by atoms with Crippen LogP contribution in [-0.2, 0) is 23.9 Å². The minimum atomic E-state index is -0.889. The van der Waals surface area contributed by atoms with E-state index in [2.05, 4.69) is 5.32 Å². The van der Waals surface area contributed by atoms with E-state index in [4.69, 9.17) is 18.9 Å². The molecular weight excluding hydrogens is 392 g/mol. The quantitative estimate of drug-likeness (QED) is 0.522. The summed E-state index contributed by atoms with van der Waals surface area (Å²) < 4.78 is 21.5. The zero-order valence-corrected chi connectivity index (χ0v) is 17.0. The molecule has 3 aliphatic heterocycles. The van der Waals surface area contributed by atoms with E-state index in [1.165, 1.54) is 12.0 Å². The number of benzene rings is 1. The molecule has 0 saturated carbocycles. The summed E-state index contributed by atoms with van der Waals surface area (Å²) in [6, 6.07) is 5.05. The largest absolute Gasteiger partial charge is 0.497 e. The van der Waals surface area contributed by atoms with Crippen LogP contribution >= 0.6 is 0 Å². The highest BCUT2D eigenvalue weighted by atomic mass is 16.5. The Morgan fingerprint density at radius 3 is 2.80 bits per heavy atom. The van der Waals surface area contributed by atoms with Crippen LogP contribution in [0.2, 0.25) is 0 Å². The molecule has 2 fully saturated rings. The lowest BCUT2D eigenvalue weighted by molar-refractivity contribution is -0.148. The van der Waals surface area contributed by atoms with Crippen LogP contribution in [0.5, 0.6) is 11.5 Å². The molecule has 3 heterocycles. The second kappa shape index (κ2) is 7.64. The number of rotatable bonds is 7. The number of amides is 2. The molecule has 0 radical (unpaired) electrons. The minimum absolute atomic E-state index is 0.159. The molecular formula is C21H24N2O7. The fraction of sp³-hybridized carbons (Fsp3) is 0.476. The summed E-state index contributed by atoms with van der Waals surface area (Å²) >= 11 is 0. The first-order valence-corrected chi connectivity index (χ1v) is 9.77. The highest BCUT2D eigenvalue weighted by Gasteiger charge is 2.67. The van der Waals surface area contributed by atoms with Crippen molar-refractivity contribution in [2.75, 3.05) is 39.2 Å². The maximum Gasteiger partial charge on any atom is 0.325 e. The number of nitrogens with zero attached hydrogens (tertiary/aromatic N) is 1. The van der Waals surface area contributed by atoms with E-state index in [1.54, 1.807) is 32.2 Å². The van der Waals surface area contributed by atoms with E-state index in [9.17, 15) is 14.4 Å². The number of anilines is 1. The molecule has 0 aromatic heterocycles. The van der Waals surface area contributed by atoms with Crippen molar-refractivity contribution in [1.29, 1.82) is 0 Å². The third-order valence-corrected chi connectivity index (χ3v) is 5.77. The normalized spacial score (nSPS) is 28.4. The van der Waals surface area contributed by atoms with Gasteiger partial charge in [-0.3, -0.25) is 14.4 Å². The van der Waals surface area contributed by atoms with E-state index < -0.39 is 29.5 Å². The molecule has 1 N–H and O–H groups in total. The maximum atomic E-state index is 13.2. The van der Waals surface area contributed by atoms with Crippen molar-refractivity contribution >= 4 is 23.5 Å². The number of ether oxygens (including phenoxy) is 4. The van der Waals surface area contributed by atoms with Crippen LogP contribution in [0.4, 0.5) is 5.69 Å². The Labute approximate surface area is 173 Å². The Bertz CT molecular complexity index is 915. The van der Waals surface area contributed by atoms with Gasteiger partial charge in [-0.25, -0.2) is 0 Å². The number of carbonyl (C=O) groups is 3. The van der Waals surface area contributed by atoms with Gasteiger partial charge < -0.3 is 29.2 Å². The Kier molecular flexibility index (Phi) is 5.15. The third kappa shape index (κ3) is 3.19. The molecule has 30 heavy (non-hydrogen) atoms. The number of nitrogens with one attached hydrogen (secondary N) is 1. The fourth-order valence-corrected chi connectivity index (χ4v) is 4.49. The zero-order chi connectivity index (χ0) is 21.5. The van der Waals surface area contributed by atoms with E-state index >= 15 is 0 Å². The highest BCUT2D eigenvalue weighted by molar-refractivity contribution is 6.00. The highest BCUT2D eigenvalue weighted by Crippen LogP contribution is 2.52. The predicted molar refractivity (Wildman–Crippen MR) is 105 cm³/mol. The maximum absolute atomic E-state index is 13.2. The Balaban J connectivity index is 1.54. The van der Waals surface area contributed by atoms with Crippen molar-refractivity contribution in [2.45, 2.75) is 18.6 Å². The predicted octanol–water partition coefficient (Wildman–Crippen LogP) is 0.987. The number of methoxy groups -OCH3 is 2. The van der Waals surface area contributed by atoms with E-state index in [0.29, 0.717) is 17.2 Å². The van der Waals surface area contributed by atoms with Crippen LogP contribution < -0.4 is 14.8 Å². The number of hydrogen-bond acceptors (Lipinski definition) is 7. The molecule has 160 valence electrons. The molecule has 2 bridgehead atoms. The van der Waals surface area contributed by atoms with Crippen molar-refractivity contribution in [3.63, 3.8) is 0 Å². The lowest BCUT2D eigenvalue weighted by Crippen LogP contribution is -2.42. The van der Waals surface area contributed by atoms with E-state index in [0.717, 1.165) is 0 Å². The summed E-state index contributed by atoms with van der Waals surface area (Å²) in [6.07, 6.45) is 3.16. The van der Waals surface area contributed by atoms with Crippen molar-refractivity contribution in [2.24, 2.45) is 11.8 Å². The second-order valence-electron chi connectivity index (χ2n) is 7.45. The summed E-state index contributed by atoms with van der Waals surface area (Å²) in [5, 5.41) is 2.85. The smallest absolute Gasteiger partial charge is 0.325 e. The van der Waals surface area contributed by atoms with E-state index in [1.807, 2.05) is 12.2 Å². The molecule has 1 aromatic carbocycles. The summed E-state index contributed by atoms with van der Waals surface area (Å²) in [7, 11) is 3.04. The van der Waals surface area contributed by atoms with Crippen LogP contribution in [0.25, 0.3) is 0 Å². The van der Waals surface area contributed by atoms with E-state index in [-0.39, 0.29) is 31.5 Å². The van der Waals surface area contributed by atoms with Gasteiger partial charge in [-0.1, -0.05) is 12.2 Å². The summed E-state index contributed by atoms with van der Waals surface area (Å²) in [6.45, 7) is 2.01. The Morgan fingerprint density at radius 1 is 1.30 bits per heavy atom. The van der Waals surface area contributed by atoms with Gasteiger partial charge in [-0.2, -0.15) is 0 Å². The monoisotopic (exact) mass is 416 g/mol. The van der Waals surface area contributed by atoms with Gasteiger partial charge in [0.15, 0.2) is 0 Å². The van der Waals surface area contributed by atoms with Gasteiger partial charge in [0, 0.05) is 6.07 Å². The summed E-state index contributed by atoms with van der Waals surface area (Å²) in [4.78, 5) is 39.5. The van der Waals surface area contributed by atoms with Crippen LogP contribution in [0.3, 0.4) is 0 Å². The number of esters is 1. The van der Waals surface area contributed by atoms with Crippen molar-refractivity contribution in [3.05, 3.63) is 30.4 Å². The van der Waals surface area contributed by atoms with Gasteiger partial charge in [0.2, 0.25) is 11.8 Å². The van der Waals surface area contributed by atoms with Crippen molar-refractivity contribution in [3.8, 4) is 11.5 Å². The standard InChI is InChI=1S/C21H24N2O7/c1-4-29-16(24)10-23-11-21-8-7-14(30-21)17(18(21)20(23)26)19(25)22-13-6-5-12(27-2)9-15(13)28-3/h5-9,14,17-18H,4,10-11H2,1-3H3,(H,22,25)/t14-,17+,18-,21-/m1/s1. The summed E-state index contributed by atoms with van der Waals surface area (Å²) in [5.41, 5.74) is -0.418. The van der Waals surface area contributed by atoms with Gasteiger partial charge >= 0.3 is 5.97 Å². The number of hydrogen-bond donors (Lipinski definition) is 1.